The molecule has 14 heavy (non-hydrogen) atoms. The van der Waals surface area contributed by atoms with Crippen LogP contribution in [0.3, 0.4) is 0 Å². The average Bonchev–Trinajstić information content (AvgIpc) is 2.64. The van der Waals surface area contributed by atoms with E-state index in [2.05, 4.69) is 37.0 Å². The van der Waals surface area contributed by atoms with E-state index in [4.69, 9.17) is 5.73 Å². The molecule has 2 rings (SSSR count). The molecule has 0 spiro atoms. The van der Waals surface area contributed by atoms with Crippen molar-refractivity contribution in [1.82, 2.24) is 4.98 Å². The molecule has 0 atom stereocenters. The van der Waals surface area contributed by atoms with Crippen molar-refractivity contribution in [2.45, 2.75) is 26.3 Å². The highest BCUT2D eigenvalue weighted by Gasteiger charge is 2.08. The van der Waals surface area contributed by atoms with Crippen LogP contribution in [0.2, 0.25) is 0 Å². The highest BCUT2D eigenvalue weighted by molar-refractivity contribution is 5.86. The molecule has 0 fully saturated rings. The number of hydrogen-bond donors (Lipinski definition) is 2. The summed E-state index contributed by atoms with van der Waals surface area (Å²) in [5.41, 5.74) is 9.45. The molecule has 0 saturated carbocycles. The largest absolute Gasteiger partial charge is 0.361 e. The van der Waals surface area contributed by atoms with Gasteiger partial charge in [-0.05, 0) is 23.1 Å². The van der Waals surface area contributed by atoms with Crippen LogP contribution >= 0.6 is 0 Å². The van der Waals surface area contributed by atoms with E-state index in [1.807, 2.05) is 6.20 Å². The fourth-order valence-electron chi connectivity index (χ4n) is 1.91. The Morgan fingerprint density at radius 1 is 1.29 bits per heavy atom. The van der Waals surface area contributed by atoms with Gasteiger partial charge in [-0.2, -0.15) is 0 Å². The third-order valence-corrected chi connectivity index (χ3v) is 2.69. The van der Waals surface area contributed by atoms with Crippen molar-refractivity contribution in [3.8, 4) is 0 Å². The summed E-state index contributed by atoms with van der Waals surface area (Å²) < 4.78 is 0. The predicted molar refractivity (Wildman–Crippen MR) is 60.3 cm³/mol. The molecule has 0 bridgehead atoms. The lowest BCUT2D eigenvalue weighted by molar-refractivity contribution is 0.875. The lowest BCUT2D eigenvalue weighted by Crippen LogP contribution is -1.98. The first kappa shape index (κ1) is 9.28. The Balaban J connectivity index is 2.72. The summed E-state index contributed by atoms with van der Waals surface area (Å²) in [6.45, 7) is 5.02. The number of aromatic nitrogens is 1. The van der Waals surface area contributed by atoms with Gasteiger partial charge in [0.2, 0.25) is 0 Å². The van der Waals surface area contributed by atoms with Gasteiger partial charge < -0.3 is 10.7 Å². The molecule has 0 aliphatic heterocycles. The molecule has 0 amide bonds. The Morgan fingerprint density at radius 2 is 2.07 bits per heavy atom. The summed E-state index contributed by atoms with van der Waals surface area (Å²) in [4.78, 5) is 3.25. The molecular formula is C12H16N2. The minimum atomic E-state index is 0.556. The molecule has 1 heterocycles. The van der Waals surface area contributed by atoms with Crippen LogP contribution in [0.25, 0.3) is 10.9 Å². The van der Waals surface area contributed by atoms with E-state index < -0.39 is 0 Å². The van der Waals surface area contributed by atoms with Crippen LogP contribution in [0.15, 0.2) is 24.4 Å². The van der Waals surface area contributed by atoms with Gasteiger partial charge in [0.05, 0.1) is 5.52 Å². The molecular weight excluding hydrogens is 172 g/mol. The summed E-state index contributed by atoms with van der Waals surface area (Å²) in [5.74, 6) is 0.556. The lowest BCUT2D eigenvalue weighted by Gasteiger charge is -2.09. The topological polar surface area (TPSA) is 41.8 Å². The molecule has 2 nitrogen and oxygen atoms in total. The third-order valence-electron chi connectivity index (χ3n) is 2.69. The highest BCUT2D eigenvalue weighted by Crippen LogP contribution is 2.26. The first-order valence-corrected chi connectivity index (χ1v) is 5.03. The van der Waals surface area contributed by atoms with Crippen LogP contribution in [0.1, 0.15) is 30.9 Å². The van der Waals surface area contributed by atoms with Crippen molar-refractivity contribution in [1.29, 1.82) is 0 Å². The molecule has 0 saturated heterocycles. The summed E-state index contributed by atoms with van der Waals surface area (Å²) in [5, 5.41) is 1.31. The van der Waals surface area contributed by atoms with Gasteiger partial charge in [-0.1, -0.05) is 26.0 Å². The van der Waals surface area contributed by atoms with Crippen LogP contribution < -0.4 is 5.73 Å². The van der Waals surface area contributed by atoms with Gasteiger partial charge in [-0.3, -0.25) is 0 Å². The van der Waals surface area contributed by atoms with E-state index >= 15 is 0 Å². The number of benzene rings is 1. The second kappa shape index (κ2) is 3.46. The van der Waals surface area contributed by atoms with Crippen molar-refractivity contribution < 1.29 is 0 Å². The Labute approximate surface area is 84.1 Å². The highest BCUT2D eigenvalue weighted by atomic mass is 14.7. The predicted octanol–water partition coefficient (Wildman–Crippen LogP) is 2.75. The Hall–Kier alpha value is -1.28. The number of rotatable bonds is 2. The van der Waals surface area contributed by atoms with Crippen LogP contribution in [-0.4, -0.2) is 4.98 Å². The molecule has 2 heteroatoms. The van der Waals surface area contributed by atoms with Gasteiger partial charge in [-0.25, -0.2) is 0 Å². The third kappa shape index (κ3) is 1.32. The second-order valence-corrected chi connectivity index (χ2v) is 3.94. The Bertz CT molecular complexity index is 441. The van der Waals surface area contributed by atoms with E-state index in [0.717, 1.165) is 0 Å². The molecule has 2 aromatic rings. The maximum absolute atomic E-state index is 5.68. The van der Waals surface area contributed by atoms with E-state index in [0.29, 0.717) is 12.5 Å². The zero-order chi connectivity index (χ0) is 10.1. The average molecular weight is 188 g/mol. The van der Waals surface area contributed by atoms with Gasteiger partial charge in [0.25, 0.3) is 0 Å². The van der Waals surface area contributed by atoms with Crippen molar-refractivity contribution in [2.75, 3.05) is 0 Å². The van der Waals surface area contributed by atoms with E-state index in [9.17, 15) is 0 Å². The monoisotopic (exact) mass is 188 g/mol. The van der Waals surface area contributed by atoms with Gasteiger partial charge in [0, 0.05) is 18.1 Å². The zero-order valence-corrected chi connectivity index (χ0v) is 8.67. The summed E-state index contributed by atoms with van der Waals surface area (Å²) in [6, 6.07) is 6.43. The maximum atomic E-state index is 5.68. The molecule has 1 aromatic carbocycles. The fourth-order valence-corrected chi connectivity index (χ4v) is 1.91. The SMILES string of the molecule is CC(C)c1ccc(CN)c2[nH]ccc12. The fraction of sp³-hybridized carbons (Fsp3) is 0.333. The molecule has 1 aromatic heterocycles. The summed E-state index contributed by atoms with van der Waals surface area (Å²) in [6.07, 6.45) is 1.98. The van der Waals surface area contributed by atoms with E-state index in [-0.39, 0.29) is 0 Å². The van der Waals surface area contributed by atoms with E-state index in [1.165, 1.54) is 22.0 Å². The quantitative estimate of drug-likeness (QED) is 0.747. The van der Waals surface area contributed by atoms with Crippen LogP contribution in [0.5, 0.6) is 0 Å². The molecule has 0 aliphatic carbocycles. The molecule has 3 N–H and O–H groups in total. The molecule has 0 aliphatic rings. The van der Waals surface area contributed by atoms with E-state index in [1.54, 1.807) is 0 Å². The normalized spacial score (nSPS) is 11.4. The van der Waals surface area contributed by atoms with Gasteiger partial charge in [0.1, 0.15) is 0 Å². The van der Waals surface area contributed by atoms with Crippen molar-refractivity contribution in [3.63, 3.8) is 0 Å². The molecule has 74 valence electrons. The molecule has 0 radical (unpaired) electrons. The minimum absolute atomic E-state index is 0.556. The van der Waals surface area contributed by atoms with Gasteiger partial charge in [-0.15, -0.1) is 0 Å². The summed E-state index contributed by atoms with van der Waals surface area (Å²) >= 11 is 0. The van der Waals surface area contributed by atoms with Gasteiger partial charge in [0.15, 0.2) is 0 Å². The van der Waals surface area contributed by atoms with Crippen LogP contribution in [-0.2, 0) is 6.54 Å². The number of H-pyrrole nitrogens is 1. The Morgan fingerprint density at radius 3 is 2.71 bits per heavy atom. The van der Waals surface area contributed by atoms with Crippen LogP contribution in [0.4, 0.5) is 0 Å². The lowest BCUT2D eigenvalue weighted by atomic mass is 9.97. The van der Waals surface area contributed by atoms with Crippen molar-refractivity contribution in [2.24, 2.45) is 5.73 Å². The first-order chi connectivity index (χ1) is 6.74. The molecule has 0 unspecified atom stereocenters. The summed E-state index contributed by atoms with van der Waals surface area (Å²) in [7, 11) is 0. The number of hydrogen-bond acceptors (Lipinski definition) is 1. The Kier molecular flexibility index (Phi) is 2.30. The number of fused-ring (bicyclic) bond motifs is 1. The number of nitrogens with two attached hydrogens (primary N) is 1. The number of aromatic amines is 1. The second-order valence-electron chi connectivity index (χ2n) is 3.94. The standard InChI is InChI=1S/C12H16N2/c1-8(2)10-4-3-9(7-13)12-11(10)5-6-14-12/h3-6,8,14H,7,13H2,1-2H3. The van der Waals surface area contributed by atoms with Crippen molar-refractivity contribution >= 4 is 10.9 Å². The van der Waals surface area contributed by atoms with Crippen molar-refractivity contribution in [3.05, 3.63) is 35.5 Å². The zero-order valence-electron chi connectivity index (χ0n) is 8.67. The smallest absolute Gasteiger partial charge is 0.0502 e. The first-order valence-electron chi connectivity index (χ1n) is 5.03. The van der Waals surface area contributed by atoms with Gasteiger partial charge >= 0.3 is 0 Å². The van der Waals surface area contributed by atoms with Crippen LogP contribution in [0, 0.1) is 0 Å². The minimum Gasteiger partial charge on any atom is -0.361 e. The maximum Gasteiger partial charge on any atom is 0.0502 e. The number of nitrogens with one attached hydrogen (secondary N) is 1.